The molecule has 26 heavy (non-hydrogen) atoms. The lowest BCUT2D eigenvalue weighted by molar-refractivity contribution is -0.149. The lowest BCUT2D eigenvalue weighted by atomic mass is 9.83. The van der Waals surface area contributed by atoms with Gasteiger partial charge in [0.2, 0.25) is 5.91 Å². The summed E-state index contributed by atoms with van der Waals surface area (Å²) in [6.07, 6.45) is 5.44. The minimum atomic E-state index is -0.978. The number of aliphatic carboxylic acids is 1. The van der Waals surface area contributed by atoms with Crippen molar-refractivity contribution < 1.29 is 24.2 Å². The molecule has 0 aromatic carbocycles. The molecule has 0 aromatic heterocycles. The van der Waals surface area contributed by atoms with Gasteiger partial charge in [0.15, 0.2) is 0 Å². The van der Waals surface area contributed by atoms with Crippen molar-refractivity contribution in [1.82, 2.24) is 10.2 Å². The number of carboxylic acid groups (broad SMARTS) is 1. The standard InChI is InChI=1S/C19H32N2O5/c1-19(2,3)12-26-18(25)20-15(13-8-5-4-6-9-13)16(22)21-11-7-10-14(21)17(23)24/h13-15H,4-12H2,1-3H3,(H,20,25)(H,23,24). The lowest BCUT2D eigenvalue weighted by Gasteiger charge is -2.34. The smallest absolute Gasteiger partial charge is 0.407 e. The predicted molar refractivity (Wildman–Crippen MR) is 96.7 cm³/mol. The molecule has 7 heteroatoms. The zero-order valence-corrected chi connectivity index (χ0v) is 16.1. The van der Waals surface area contributed by atoms with Crippen LogP contribution in [0.25, 0.3) is 0 Å². The highest BCUT2D eigenvalue weighted by atomic mass is 16.5. The molecule has 2 amide bonds. The Morgan fingerprint density at radius 3 is 2.35 bits per heavy atom. The van der Waals surface area contributed by atoms with E-state index >= 15 is 0 Å². The molecule has 2 N–H and O–H groups in total. The van der Waals surface area contributed by atoms with E-state index in [1.54, 1.807) is 0 Å². The Balaban J connectivity index is 2.08. The number of hydrogen-bond acceptors (Lipinski definition) is 4. The van der Waals surface area contributed by atoms with Crippen LogP contribution >= 0.6 is 0 Å². The van der Waals surface area contributed by atoms with Gasteiger partial charge in [-0.25, -0.2) is 9.59 Å². The molecule has 1 aliphatic heterocycles. The molecule has 1 saturated carbocycles. The molecule has 1 heterocycles. The molecular formula is C19H32N2O5. The molecule has 2 rings (SSSR count). The Bertz CT molecular complexity index is 523. The molecule has 7 nitrogen and oxygen atoms in total. The van der Waals surface area contributed by atoms with E-state index in [-0.39, 0.29) is 23.8 Å². The molecule has 148 valence electrons. The molecule has 1 saturated heterocycles. The van der Waals surface area contributed by atoms with Gasteiger partial charge in [-0.15, -0.1) is 0 Å². The molecule has 0 bridgehead atoms. The van der Waals surface area contributed by atoms with Crippen molar-refractivity contribution in [3.63, 3.8) is 0 Å². The largest absolute Gasteiger partial charge is 0.480 e. The zero-order valence-electron chi connectivity index (χ0n) is 16.1. The zero-order chi connectivity index (χ0) is 19.3. The number of carboxylic acids is 1. The van der Waals surface area contributed by atoms with Crippen LogP contribution in [0.5, 0.6) is 0 Å². The minimum Gasteiger partial charge on any atom is -0.480 e. The minimum absolute atomic E-state index is 0.0356. The average molecular weight is 368 g/mol. The fourth-order valence-electron chi connectivity index (χ4n) is 3.77. The van der Waals surface area contributed by atoms with Gasteiger partial charge < -0.3 is 20.1 Å². The third-order valence-corrected chi connectivity index (χ3v) is 5.12. The number of amides is 2. The van der Waals surface area contributed by atoms with Gasteiger partial charge in [-0.1, -0.05) is 40.0 Å². The normalized spacial score (nSPS) is 22.7. The van der Waals surface area contributed by atoms with Crippen molar-refractivity contribution in [2.24, 2.45) is 11.3 Å². The van der Waals surface area contributed by atoms with Crippen molar-refractivity contribution in [2.45, 2.75) is 77.8 Å². The summed E-state index contributed by atoms with van der Waals surface area (Å²) >= 11 is 0. The van der Waals surface area contributed by atoms with Gasteiger partial charge in [0.25, 0.3) is 0 Å². The van der Waals surface area contributed by atoms with Gasteiger partial charge in [-0.3, -0.25) is 4.79 Å². The third kappa shape index (κ3) is 5.61. The summed E-state index contributed by atoms with van der Waals surface area (Å²) in [5, 5.41) is 12.1. The van der Waals surface area contributed by atoms with Crippen LogP contribution in [0, 0.1) is 11.3 Å². The van der Waals surface area contributed by atoms with Crippen LogP contribution in [0.3, 0.4) is 0 Å². The second-order valence-electron chi connectivity index (χ2n) is 8.68. The van der Waals surface area contributed by atoms with Crippen LogP contribution in [0.1, 0.15) is 65.7 Å². The van der Waals surface area contributed by atoms with Crippen molar-refractivity contribution in [1.29, 1.82) is 0 Å². The molecule has 2 atom stereocenters. The number of alkyl carbamates (subject to hydrolysis) is 1. The molecule has 2 aliphatic rings. The SMILES string of the molecule is CC(C)(C)COC(=O)NC(C(=O)N1CCCC1C(=O)O)C1CCCCC1. The quantitative estimate of drug-likeness (QED) is 0.778. The van der Waals surface area contributed by atoms with Crippen LogP contribution < -0.4 is 5.32 Å². The molecule has 0 spiro atoms. The van der Waals surface area contributed by atoms with Crippen molar-refractivity contribution in [3.8, 4) is 0 Å². The number of nitrogens with zero attached hydrogens (tertiary/aromatic N) is 1. The Morgan fingerprint density at radius 1 is 1.12 bits per heavy atom. The van der Waals surface area contributed by atoms with Crippen LogP contribution in [0.15, 0.2) is 0 Å². The number of carbonyl (C=O) groups excluding carboxylic acids is 2. The van der Waals surface area contributed by atoms with Crippen molar-refractivity contribution >= 4 is 18.0 Å². The number of carbonyl (C=O) groups is 3. The summed E-state index contributed by atoms with van der Waals surface area (Å²) < 4.78 is 5.28. The van der Waals surface area contributed by atoms with E-state index < -0.39 is 24.1 Å². The maximum atomic E-state index is 13.1. The molecule has 1 aliphatic carbocycles. The first-order chi connectivity index (χ1) is 12.2. The van der Waals surface area contributed by atoms with Crippen LogP contribution in [0.2, 0.25) is 0 Å². The van der Waals surface area contributed by atoms with Gasteiger partial charge in [0.05, 0.1) is 6.61 Å². The second kappa shape index (κ2) is 8.73. The monoisotopic (exact) mass is 368 g/mol. The first-order valence-electron chi connectivity index (χ1n) is 9.65. The highest BCUT2D eigenvalue weighted by Crippen LogP contribution is 2.29. The Labute approximate surface area is 155 Å². The first-order valence-corrected chi connectivity index (χ1v) is 9.65. The van der Waals surface area contributed by atoms with Gasteiger partial charge in [-0.05, 0) is 37.0 Å². The van der Waals surface area contributed by atoms with Crippen LogP contribution in [-0.4, -0.2) is 53.2 Å². The van der Waals surface area contributed by atoms with E-state index in [2.05, 4.69) is 5.32 Å². The first kappa shape index (κ1) is 20.5. The fraction of sp³-hybridized carbons (Fsp3) is 0.842. The van der Waals surface area contributed by atoms with E-state index in [0.717, 1.165) is 32.1 Å². The van der Waals surface area contributed by atoms with Crippen molar-refractivity contribution in [2.75, 3.05) is 13.2 Å². The Kier molecular flexibility index (Phi) is 6.89. The van der Waals surface area contributed by atoms with E-state index in [0.29, 0.717) is 19.4 Å². The highest BCUT2D eigenvalue weighted by Gasteiger charge is 2.40. The van der Waals surface area contributed by atoms with Gasteiger partial charge in [-0.2, -0.15) is 0 Å². The lowest BCUT2D eigenvalue weighted by Crippen LogP contribution is -2.55. The molecule has 2 fully saturated rings. The third-order valence-electron chi connectivity index (χ3n) is 5.12. The summed E-state index contributed by atoms with van der Waals surface area (Å²) in [5.74, 6) is -1.23. The summed E-state index contributed by atoms with van der Waals surface area (Å²) in [6.45, 7) is 6.58. The summed E-state index contributed by atoms with van der Waals surface area (Å²) in [5.41, 5.74) is -0.162. The van der Waals surface area contributed by atoms with E-state index in [1.807, 2.05) is 20.8 Å². The molecule has 0 radical (unpaired) electrons. The Morgan fingerprint density at radius 2 is 1.77 bits per heavy atom. The van der Waals surface area contributed by atoms with Gasteiger partial charge >= 0.3 is 12.1 Å². The van der Waals surface area contributed by atoms with E-state index in [4.69, 9.17) is 4.74 Å². The predicted octanol–water partition coefficient (Wildman–Crippen LogP) is 2.78. The highest BCUT2D eigenvalue weighted by molar-refractivity contribution is 5.90. The number of nitrogens with one attached hydrogen (secondary N) is 1. The summed E-state index contributed by atoms with van der Waals surface area (Å²) in [7, 11) is 0. The average Bonchev–Trinajstić information content (AvgIpc) is 3.07. The number of ether oxygens (including phenoxy) is 1. The van der Waals surface area contributed by atoms with E-state index in [1.165, 1.54) is 4.90 Å². The van der Waals surface area contributed by atoms with Gasteiger partial charge in [0, 0.05) is 6.54 Å². The van der Waals surface area contributed by atoms with Crippen LogP contribution in [0.4, 0.5) is 4.79 Å². The summed E-state index contributed by atoms with van der Waals surface area (Å²) in [6, 6.07) is -1.50. The maximum Gasteiger partial charge on any atom is 0.407 e. The Hall–Kier alpha value is -1.79. The van der Waals surface area contributed by atoms with Gasteiger partial charge in [0.1, 0.15) is 12.1 Å². The fourth-order valence-corrected chi connectivity index (χ4v) is 3.77. The second-order valence-corrected chi connectivity index (χ2v) is 8.68. The number of rotatable bonds is 5. The van der Waals surface area contributed by atoms with Crippen molar-refractivity contribution in [3.05, 3.63) is 0 Å². The topological polar surface area (TPSA) is 95.9 Å². The molecule has 0 aromatic rings. The maximum absolute atomic E-state index is 13.1. The summed E-state index contributed by atoms with van der Waals surface area (Å²) in [4.78, 5) is 38.2. The number of hydrogen-bond donors (Lipinski definition) is 2. The van der Waals surface area contributed by atoms with E-state index in [9.17, 15) is 19.5 Å². The molecular weight excluding hydrogens is 336 g/mol. The van der Waals surface area contributed by atoms with Crippen LogP contribution in [-0.2, 0) is 14.3 Å². The molecule has 2 unspecified atom stereocenters. The number of likely N-dealkylation sites (tertiary alicyclic amines) is 1.